The summed E-state index contributed by atoms with van der Waals surface area (Å²) < 4.78 is 45.6. The van der Waals surface area contributed by atoms with E-state index < -0.39 is 29.1 Å². The predicted molar refractivity (Wildman–Crippen MR) is 141 cm³/mol. The molecule has 0 heterocycles. The average molecular weight is 637 g/mol. The average Bonchev–Trinajstić information content (AvgIpc) is 2.81. The van der Waals surface area contributed by atoms with Crippen LogP contribution in [0.2, 0.25) is 0 Å². The van der Waals surface area contributed by atoms with Crippen LogP contribution in [0.25, 0.3) is 6.08 Å². The number of hydrogen-bond acceptors (Lipinski definition) is 4. The first-order valence-electron chi connectivity index (χ1n) is 10.5. The van der Waals surface area contributed by atoms with Gasteiger partial charge in [0.05, 0.1) is 10.0 Å². The number of aryl methyl sites for hydroxylation is 1. The Morgan fingerprint density at radius 3 is 2.35 bits per heavy atom. The van der Waals surface area contributed by atoms with Crippen molar-refractivity contribution in [2.45, 2.75) is 13.1 Å². The van der Waals surface area contributed by atoms with Gasteiger partial charge >= 0.3 is 6.18 Å². The predicted octanol–water partition coefficient (Wildman–Crippen LogP) is 7.10. The highest BCUT2D eigenvalue weighted by molar-refractivity contribution is 9.11. The van der Waals surface area contributed by atoms with Crippen LogP contribution in [0, 0.1) is 18.3 Å². The number of rotatable bonds is 7. The summed E-state index contributed by atoms with van der Waals surface area (Å²) >= 11 is 6.67. The van der Waals surface area contributed by atoms with Gasteiger partial charge in [-0.3, -0.25) is 9.59 Å². The summed E-state index contributed by atoms with van der Waals surface area (Å²) in [6.45, 7) is 1.52. The van der Waals surface area contributed by atoms with Crippen molar-refractivity contribution in [3.05, 3.63) is 91.9 Å². The highest BCUT2D eigenvalue weighted by Crippen LogP contribution is 2.35. The van der Waals surface area contributed by atoms with Gasteiger partial charge in [0.25, 0.3) is 11.8 Å². The standard InChI is InChI=1S/C26H18Br2F3N3O3/c1-15-4-2-6-20(8-15)33-23(35)14-37-24-16(10-19(27)12-22(24)28)9-17(13-32)25(36)34-21-7-3-5-18(11-21)26(29,30)31/h2-12H,14H2,1H3,(H,33,35)(H,34,36)/b17-9+. The molecule has 11 heteroatoms. The molecule has 2 N–H and O–H groups in total. The number of halogens is 5. The van der Waals surface area contributed by atoms with Crippen LogP contribution in [0.15, 0.2) is 75.2 Å². The highest BCUT2D eigenvalue weighted by Gasteiger charge is 2.30. The Labute approximate surface area is 227 Å². The third kappa shape index (κ3) is 7.93. The summed E-state index contributed by atoms with van der Waals surface area (Å²) in [5.41, 5.74) is 0.386. The fourth-order valence-corrected chi connectivity index (χ4v) is 4.55. The van der Waals surface area contributed by atoms with Crippen molar-refractivity contribution in [2.24, 2.45) is 0 Å². The van der Waals surface area contributed by atoms with Crippen LogP contribution in [0.4, 0.5) is 24.5 Å². The van der Waals surface area contributed by atoms with E-state index in [2.05, 4.69) is 42.5 Å². The summed E-state index contributed by atoms with van der Waals surface area (Å²) in [4.78, 5) is 25.1. The molecular formula is C26H18Br2F3N3O3. The second-order valence-corrected chi connectivity index (χ2v) is 9.48. The lowest BCUT2D eigenvalue weighted by molar-refractivity contribution is -0.137. The number of anilines is 2. The highest BCUT2D eigenvalue weighted by atomic mass is 79.9. The Hall–Kier alpha value is -3.62. The van der Waals surface area contributed by atoms with E-state index in [4.69, 9.17) is 4.74 Å². The zero-order valence-corrected chi connectivity index (χ0v) is 22.3. The third-order valence-electron chi connectivity index (χ3n) is 4.80. The molecule has 0 atom stereocenters. The number of hydrogen-bond donors (Lipinski definition) is 2. The molecule has 0 aromatic heterocycles. The maximum Gasteiger partial charge on any atom is 0.416 e. The first-order valence-corrected chi connectivity index (χ1v) is 12.1. The Morgan fingerprint density at radius 2 is 1.70 bits per heavy atom. The van der Waals surface area contributed by atoms with Crippen molar-refractivity contribution in [1.82, 2.24) is 0 Å². The maximum absolute atomic E-state index is 13.0. The molecule has 190 valence electrons. The van der Waals surface area contributed by atoms with Crippen molar-refractivity contribution in [3.8, 4) is 11.8 Å². The van der Waals surface area contributed by atoms with Crippen molar-refractivity contribution in [1.29, 1.82) is 5.26 Å². The second kappa shape index (κ2) is 12.1. The minimum atomic E-state index is -4.59. The quantitative estimate of drug-likeness (QED) is 0.214. The van der Waals surface area contributed by atoms with Crippen LogP contribution in [0.1, 0.15) is 16.7 Å². The number of ether oxygens (including phenoxy) is 1. The summed E-state index contributed by atoms with van der Waals surface area (Å²) in [6.07, 6.45) is -3.37. The van der Waals surface area contributed by atoms with Gasteiger partial charge in [0, 0.05) is 21.4 Å². The topological polar surface area (TPSA) is 91.2 Å². The minimum Gasteiger partial charge on any atom is -0.482 e. The van der Waals surface area contributed by atoms with Gasteiger partial charge in [-0.1, -0.05) is 34.1 Å². The number of nitriles is 1. The fraction of sp³-hybridized carbons (Fsp3) is 0.115. The lowest BCUT2D eigenvalue weighted by Gasteiger charge is -2.13. The van der Waals surface area contributed by atoms with Gasteiger partial charge in [-0.05, 0) is 77.0 Å². The molecule has 0 aliphatic rings. The Morgan fingerprint density at radius 1 is 1.03 bits per heavy atom. The number of carbonyl (C=O) groups is 2. The SMILES string of the molecule is Cc1cccc(NC(=O)COc2c(Br)cc(Br)cc2/C=C(\C#N)C(=O)Nc2cccc(C(F)(F)F)c2)c1. The van der Waals surface area contributed by atoms with Gasteiger partial charge in [0.2, 0.25) is 0 Å². The minimum absolute atomic E-state index is 0.124. The van der Waals surface area contributed by atoms with E-state index >= 15 is 0 Å². The van der Waals surface area contributed by atoms with Crippen molar-refractivity contribution in [2.75, 3.05) is 17.2 Å². The van der Waals surface area contributed by atoms with Crippen molar-refractivity contribution in [3.63, 3.8) is 0 Å². The molecule has 0 bridgehead atoms. The van der Waals surface area contributed by atoms with E-state index in [0.717, 1.165) is 23.8 Å². The van der Waals surface area contributed by atoms with E-state index in [9.17, 15) is 28.0 Å². The molecule has 3 rings (SSSR count). The molecule has 0 radical (unpaired) electrons. The maximum atomic E-state index is 13.0. The van der Waals surface area contributed by atoms with Gasteiger partial charge in [-0.25, -0.2) is 0 Å². The Bertz CT molecular complexity index is 1420. The molecule has 0 saturated heterocycles. The van der Waals surface area contributed by atoms with Crippen molar-refractivity contribution < 1.29 is 27.5 Å². The van der Waals surface area contributed by atoms with E-state index in [-0.39, 0.29) is 23.6 Å². The Kier molecular flexibility index (Phi) is 9.13. The molecule has 0 fully saturated rings. The summed E-state index contributed by atoms with van der Waals surface area (Å²) in [6, 6.07) is 16.2. The van der Waals surface area contributed by atoms with Gasteiger partial charge in [0.1, 0.15) is 17.4 Å². The smallest absolute Gasteiger partial charge is 0.416 e. The molecule has 3 aromatic rings. The number of amides is 2. The number of nitrogens with one attached hydrogen (secondary N) is 2. The molecule has 0 aliphatic heterocycles. The lowest BCUT2D eigenvalue weighted by Crippen LogP contribution is -2.20. The van der Waals surface area contributed by atoms with Crippen LogP contribution in [0.5, 0.6) is 5.75 Å². The van der Waals surface area contributed by atoms with Crippen LogP contribution in [-0.2, 0) is 15.8 Å². The van der Waals surface area contributed by atoms with E-state index in [1.807, 2.05) is 13.0 Å². The van der Waals surface area contributed by atoms with Crippen molar-refractivity contribution >= 4 is 61.1 Å². The van der Waals surface area contributed by atoms with Crippen LogP contribution in [-0.4, -0.2) is 18.4 Å². The lowest BCUT2D eigenvalue weighted by atomic mass is 10.1. The van der Waals surface area contributed by atoms with Crippen LogP contribution >= 0.6 is 31.9 Å². The molecule has 0 spiro atoms. The van der Waals surface area contributed by atoms with Gasteiger partial charge < -0.3 is 15.4 Å². The number of alkyl halides is 3. The number of nitrogens with zero attached hydrogens (tertiary/aromatic N) is 1. The molecular weight excluding hydrogens is 619 g/mol. The first-order chi connectivity index (χ1) is 17.5. The first kappa shape index (κ1) is 28.0. The molecule has 0 unspecified atom stereocenters. The van der Waals surface area contributed by atoms with Gasteiger partial charge in [-0.2, -0.15) is 18.4 Å². The molecule has 0 aliphatic carbocycles. The Balaban J connectivity index is 1.81. The second-order valence-electron chi connectivity index (χ2n) is 7.71. The zero-order chi connectivity index (χ0) is 27.2. The molecule has 3 aromatic carbocycles. The molecule has 0 saturated carbocycles. The van der Waals surface area contributed by atoms with Crippen LogP contribution in [0.3, 0.4) is 0 Å². The summed E-state index contributed by atoms with van der Waals surface area (Å²) in [7, 11) is 0. The molecule has 2 amide bonds. The zero-order valence-electron chi connectivity index (χ0n) is 19.1. The van der Waals surface area contributed by atoms with Crippen LogP contribution < -0.4 is 15.4 Å². The number of carbonyl (C=O) groups excluding carboxylic acids is 2. The van der Waals surface area contributed by atoms with Gasteiger partial charge in [-0.15, -0.1) is 0 Å². The van der Waals surface area contributed by atoms with E-state index in [0.29, 0.717) is 14.6 Å². The molecule has 37 heavy (non-hydrogen) atoms. The summed E-state index contributed by atoms with van der Waals surface area (Å²) in [5, 5.41) is 14.6. The monoisotopic (exact) mass is 635 g/mol. The largest absolute Gasteiger partial charge is 0.482 e. The van der Waals surface area contributed by atoms with E-state index in [1.165, 1.54) is 12.1 Å². The van der Waals surface area contributed by atoms with E-state index in [1.54, 1.807) is 36.4 Å². The van der Waals surface area contributed by atoms with Gasteiger partial charge in [0.15, 0.2) is 6.61 Å². The normalized spacial score (nSPS) is 11.4. The number of benzene rings is 3. The third-order valence-corrected chi connectivity index (χ3v) is 5.85. The summed E-state index contributed by atoms with van der Waals surface area (Å²) in [5.74, 6) is -1.17. The molecule has 6 nitrogen and oxygen atoms in total. The fourth-order valence-electron chi connectivity index (χ4n) is 3.17.